The normalized spacial score (nSPS) is 24.2. The highest BCUT2D eigenvalue weighted by Crippen LogP contribution is 2.27. The summed E-state index contributed by atoms with van der Waals surface area (Å²) in [5, 5.41) is 3.67. The minimum Gasteiger partial charge on any atom is -0.310 e. The first-order chi connectivity index (χ1) is 7.56. The predicted octanol–water partition coefficient (Wildman–Crippen LogP) is 3.50. The first kappa shape index (κ1) is 11.7. The lowest BCUT2D eigenvalue weighted by Crippen LogP contribution is -2.39. The van der Waals surface area contributed by atoms with Crippen LogP contribution in [0.1, 0.15) is 42.0 Å². The molecule has 0 unspecified atom stereocenters. The minimum absolute atomic E-state index is 0.759. The number of rotatable bonds is 3. The van der Waals surface area contributed by atoms with Crippen molar-refractivity contribution < 1.29 is 0 Å². The first-order valence-electron chi connectivity index (χ1n) is 6.36. The zero-order valence-electron chi connectivity index (χ0n) is 10.9. The summed E-state index contributed by atoms with van der Waals surface area (Å²) in [7, 11) is 0. The van der Waals surface area contributed by atoms with E-state index in [1.165, 1.54) is 35.1 Å². The summed E-state index contributed by atoms with van der Waals surface area (Å²) in [5.74, 6) is 0.928. The molecule has 0 saturated heterocycles. The Kier molecular flexibility index (Phi) is 3.34. The second kappa shape index (κ2) is 4.58. The predicted molar refractivity (Wildman–Crippen MR) is 69.7 cm³/mol. The zero-order valence-corrected chi connectivity index (χ0v) is 10.9. The minimum atomic E-state index is 0.759. The topological polar surface area (TPSA) is 12.0 Å². The van der Waals surface area contributed by atoms with Crippen LogP contribution in [-0.4, -0.2) is 6.04 Å². The standard InChI is InChI=1S/C15H23N/c1-10-5-12(3)15(13(4)6-10)9-16-14-7-11(2)8-14/h5-6,11,14,16H,7-9H2,1-4H3. The van der Waals surface area contributed by atoms with Gasteiger partial charge in [0.05, 0.1) is 0 Å². The molecule has 1 N–H and O–H groups in total. The van der Waals surface area contributed by atoms with E-state index in [-0.39, 0.29) is 0 Å². The monoisotopic (exact) mass is 217 g/mol. The molecule has 88 valence electrons. The molecule has 0 bridgehead atoms. The van der Waals surface area contributed by atoms with Crippen LogP contribution in [-0.2, 0) is 6.54 Å². The van der Waals surface area contributed by atoms with Gasteiger partial charge in [-0.25, -0.2) is 0 Å². The Labute approximate surface area is 99.3 Å². The van der Waals surface area contributed by atoms with E-state index in [0.717, 1.165) is 18.5 Å². The van der Waals surface area contributed by atoms with Gasteiger partial charge in [-0.3, -0.25) is 0 Å². The Morgan fingerprint density at radius 1 is 1.12 bits per heavy atom. The quantitative estimate of drug-likeness (QED) is 0.817. The van der Waals surface area contributed by atoms with E-state index >= 15 is 0 Å². The molecule has 0 aliphatic heterocycles. The fourth-order valence-electron chi connectivity index (χ4n) is 2.80. The van der Waals surface area contributed by atoms with E-state index < -0.39 is 0 Å². The Hall–Kier alpha value is -0.820. The number of hydrogen-bond donors (Lipinski definition) is 1. The van der Waals surface area contributed by atoms with Crippen LogP contribution in [0, 0.1) is 26.7 Å². The molecule has 1 aromatic rings. The SMILES string of the molecule is Cc1cc(C)c(CNC2CC(C)C2)c(C)c1. The van der Waals surface area contributed by atoms with E-state index in [2.05, 4.69) is 45.1 Å². The number of aryl methyl sites for hydroxylation is 3. The van der Waals surface area contributed by atoms with Gasteiger partial charge in [-0.15, -0.1) is 0 Å². The van der Waals surface area contributed by atoms with Crippen molar-refractivity contribution >= 4 is 0 Å². The molecular weight excluding hydrogens is 194 g/mol. The van der Waals surface area contributed by atoms with Gasteiger partial charge in [0.15, 0.2) is 0 Å². The van der Waals surface area contributed by atoms with Crippen molar-refractivity contribution in [3.8, 4) is 0 Å². The van der Waals surface area contributed by atoms with Gasteiger partial charge in [-0.2, -0.15) is 0 Å². The average molecular weight is 217 g/mol. The van der Waals surface area contributed by atoms with E-state index in [9.17, 15) is 0 Å². The van der Waals surface area contributed by atoms with Gasteiger partial charge in [0.1, 0.15) is 0 Å². The van der Waals surface area contributed by atoms with Gasteiger partial charge < -0.3 is 5.32 Å². The van der Waals surface area contributed by atoms with E-state index in [4.69, 9.17) is 0 Å². The second-order valence-electron chi connectivity index (χ2n) is 5.53. The summed E-state index contributed by atoms with van der Waals surface area (Å²) >= 11 is 0. The van der Waals surface area contributed by atoms with Crippen molar-refractivity contribution in [2.45, 2.75) is 53.1 Å². The highest BCUT2D eigenvalue weighted by atomic mass is 14.9. The highest BCUT2D eigenvalue weighted by molar-refractivity contribution is 5.37. The van der Waals surface area contributed by atoms with Gasteiger partial charge in [0.2, 0.25) is 0 Å². The Balaban J connectivity index is 1.98. The van der Waals surface area contributed by atoms with E-state index in [1.807, 2.05) is 0 Å². The lowest BCUT2D eigenvalue weighted by Gasteiger charge is -2.33. The molecule has 1 aliphatic carbocycles. The molecule has 16 heavy (non-hydrogen) atoms. The smallest absolute Gasteiger partial charge is 0.0213 e. The van der Waals surface area contributed by atoms with Crippen molar-refractivity contribution in [2.75, 3.05) is 0 Å². The Bertz CT molecular complexity index is 352. The molecule has 0 aromatic heterocycles. The third-order valence-corrected chi connectivity index (χ3v) is 3.78. The molecular formula is C15H23N. The van der Waals surface area contributed by atoms with Gasteiger partial charge in [0.25, 0.3) is 0 Å². The summed E-state index contributed by atoms with van der Waals surface area (Å²) in [4.78, 5) is 0. The third kappa shape index (κ3) is 2.46. The van der Waals surface area contributed by atoms with Crippen LogP contribution < -0.4 is 5.32 Å². The number of nitrogens with one attached hydrogen (secondary N) is 1. The van der Waals surface area contributed by atoms with Crippen LogP contribution in [0.15, 0.2) is 12.1 Å². The maximum atomic E-state index is 3.67. The van der Waals surface area contributed by atoms with Gasteiger partial charge in [-0.05, 0) is 56.2 Å². The molecule has 0 amide bonds. The molecule has 1 heteroatoms. The largest absolute Gasteiger partial charge is 0.310 e. The van der Waals surface area contributed by atoms with E-state index in [1.54, 1.807) is 0 Å². The Morgan fingerprint density at radius 3 is 2.19 bits per heavy atom. The molecule has 1 aliphatic rings. The fraction of sp³-hybridized carbons (Fsp3) is 0.600. The van der Waals surface area contributed by atoms with Crippen LogP contribution in [0.3, 0.4) is 0 Å². The van der Waals surface area contributed by atoms with Gasteiger partial charge in [-0.1, -0.05) is 24.6 Å². The maximum Gasteiger partial charge on any atom is 0.0213 e. The molecule has 0 atom stereocenters. The summed E-state index contributed by atoms with van der Waals surface area (Å²) in [6.45, 7) is 9.99. The molecule has 2 rings (SSSR count). The molecule has 0 radical (unpaired) electrons. The molecule has 0 heterocycles. The summed E-state index contributed by atoms with van der Waals surface area (Å²) in [5.41, 5.74) is 5.72. The van der Waals surface area contributed by atoms with Crippen LogP contribution in [0.4, 0.5) is 0 Å². The summed E-state index contributed by atoms with van der Waals surface area (Å²) in [6, 6.07) is 5.33. The number of benzene rings is 1. The summed E-state index contributed by atoms with van der Waals surface area (Å²) in [6.07, 6.45) is 2.70. The highest BCUT2D eigenvalue weighted by Gasteiger charge is 2.24. The van der Waals surface area contributed by atoms with Crippen molar-refractivity contribution in [1.29, 1.82) is 0 Å². The average Bonchev–Trinajstić information content (AvgIpc) is 2.12. The van der Waals surface area contributed by atoms with Crippen LogP contribution in [0.25, 0.3) is 0 Å². The maximum absolute atomic E-state index is 3.67. The van der Waals surface area contributed by atoms with Crippen molar-refractivity contribution in [3.63, 3.8) is 0 Å². The second-order valence-corrected chi connectivity index (χ2v) is 5.53. The van der Waals surface area contributed by atoms with Gasteiger partial charge >= 0.3 is 0 Å². The van der Waals surface area contributed by atoms with Crippen LogP contribution in [0.5, 0.6) is 0 Å². The van der Waals surface area contributed by atoms with Crippen LogP contribution >= 0.6 is 0 Å². The molecule has 0 spiro atoms. The third-order valence-electron chi connectivity index (χ3n) is 3.78. The lowest BCUT2D eigenvalue weighted by molar-refractivity contribution is 0.240. The number of hydrogen-bond acceptors (Lipinski definition) is 1. The zero-order chi connectivity index (χ0) is 11.7. The molecule has 1 nitrogen and oxygen atoms in total. The van der Waals surface area contributed by atoms with Crippen LogP contribution in [0.2, 0.25) is 0 Å². The van der Waals surface area contributed by atoms with Crippen molar-refractivity contribution in [2.24, 2.45) is 5.92 Å². The first-order valence-corrected chi connectivity index (χ1v) is 6.36. The Morgan fingerprint density at radius 2 is 1.69 bits per heavy atom. The molecule has 1 aromatic carbocycles. The van der Waals surface area contributed by atoms with E-state index in [0.29, 0.717) is 0 Å². The summed E-state index contributed by atoms with van der Waals surface area (Å²) < 4.78 is 0. The lowest BCUT2D eigenvalue weighted by atomic mass is 9.82. The molecule has 1 fully saturated rings. The molecule has 1 saturated carbocycles. The fourth-order valence-corrected chi connectivity index (χ4v) is 2.80. The van der Waals surface area contributed by atoms with Gasteiger partial charge in [0, 0.05) is 12.6 Å². The van der Waals surface area contributed by atoms with Crippen molar-refractivity contribution in [3.05, 3.63) is 34.4 Å². The van der Waals surface area contributed by atoms with Crippen molar-refractivity contribution in [1.82, 2.24) is 5.32 Å².